The molecule has 0 radical (unpaired) electrons. The van der Waals surface area contributed by atoms with Crippen LogP contribution in [-0.4, -0.2) is 33.9 Å². The van der Waals surface area contributed by atoms with Gasteiger partial charge in [0.1, 0.15) is 5.76 Å². The van der Waals surface area contributed by atoms with Crippen molar-refractivity contribution in [3.8, 4) is 0 Å². The predicted molar refractivity (Wildman–Crippen MR) is 56.4 cm³/mol. The summed E-state index contributed by atoms with van der Waals surface area (Å²) in [5.41, 5.74) is 0.499. The number of hydrogen-bond donors (Lipinski definition) is 1. The molecule has 4 heteroatoms. The minimum absolute atomic E-state index is 0.451. The van der Waals surface area contributed by atoms with Gasteiger partial charge < -0.3 is 9.63 Å². The molecule has 1 aliphatic rings. The van der Waals surface area contributed by atoms with Gasteiger partial charge in [0, 0.05) is 25.7 Å². The van der Waals surface area contributed by atoms with E-state index in [4.69, 9.17) is 4.52 Å². The highest BCUT2D eigenvalue weighted by molar-refractivity contribution is 5.06. The lowest BCUT2D eigenvalue weighted by Crippen LogP contribution is -2.60. The smallest absolute Gasteiger partial charge is 0.133 e. The molecular weight excluding hydrogens is 192 g/mol. The first-order valence-electron chi connectivity index (χ1n) is 5.48. The first-order valence-corrected chi connectivity index (χ1v) is 5.48. The predicted octanol–water partition coefficient (Wildman–Crippen LogP) is 1.33. The average Bonchev–Trinajstić information content (AvgIpc) is 2.49. The highest BCUT2D eigenvalue weighted by Crippen LogP contribution is 2.26. The van der Waals surface area contributed by atoms with Crippen LogP contribution in [0.5, 0.6) is 0 Å². The van der Waals surface area contributed by atoms with Gasteiger partial charge in [-0.2, -0.15) is 0 Å². The molecule has 84 valence electrons. The molecule has 1 aliphatic heterocycles. The molecule has 2 rings (SSSR count). The van der Waals surface area contributed by atoms with Gasteiger partial charge >= 0.3 is 0 Å². The fourth-order valence-electron chi connectivity index (χ4n) is 2.24. The van der Waals surface area contributed by atoms with Gasteiger partial charge in [0.05, 0.1) is 11.3 Å². The summed E-state index contributed by atoms with van der Waals surface area (Å²) in [5.74, 6) is 0.842. The monoisotopic (exact) mass is 210 g/mol. The van der Waals surface area contributed by atoms with Gasteiger partial charge in [-0.05, 0) is 13.3 Å². The van der Waals surface area contributed by atoms with E-state index < -0.39 is 5.60 Å². The molecule has 1 fully saturated rings. The summed E-state index contributed by atoms with van der Waals surface area (Å²) in [4.78, 5) is 2.19. The number of aliphatic hydroxyl groups is 1. The molecule has 1 N–H and O–H groups in total. The second-order valence-corrected chi connectivity index (χ2v) is 4.55. The van der Waals surface area contributed by atoms with Crippen LogP contribution in [0.3, 0.4) is 0 Å². The molecule has 0 spiro atoms. The standard InChI is InChI=1S/C11H18N2O2/c1-3-4-11(14)7-13(8-11)6-10-5-9(2)15-12-10/h5,14H,3-4,6-8H2,1-2H3. The van der Waals surface area contributed by atoms with Crippen LogP contribution in [0.1, 0.15) is 31.2 Å². The van der Waals surface area contributed by atoms with Gasteiger partial charge in [0.15, 0.2) is 0 Å². The van der Waals surface area contributed by atoms with Crippen LogP contribution in [0, 0.1) is 6.92 Å². The van der Waals surface area contributed by atoms with Gasteiger partial charge in [-0.3, -0.25) is 4.90 Å². The Labute approximate surface area is 89.9 Å². The van der Waals surface area contributed by atoms with Gasteiger partial charge in [-0.25, -0.2) is 0 Å². The normalized spacial score (nSPS) is 20.2. The molecular formula is C11H18N2O2. The maximum atomic E-state index is 9.98. The molecule has 0 aromatic carbocycles. The van der Waals surface area contributed by atoms with Crippen molar-refractivity contribution in [2.45, 2.75) is 38.8 Å². The lowest BCUT2D eigenvalue weighted by molar-refractivity contribution is -0.107. The van der Waals surface area contributed by atoms with Crippen molar-refractivity contribution >= 4 is 0 Å². The fraction of sp³-hybridized carbons (Fsp3) is 0.727. The number of β-amino-alcohol motifs (C(OH)–C–C–N with tert-alkyl or cyclic N) is 1. The van der Waals surface area contributed by atoms with Crippen LogP contribution < -0.4 is 0 Å². The second kappa shape index (κ2) is 3.94. The molecule has 1 aromatic heterocycles. The fourth-order valence-corrected chi connectivity index (χ4v) is 2.24. The number of aryl methyl sites for hydroxylation is 1. The average molecular weight is 210 g/mol. The van der Waals surface area contributed by atoms with Crippen LogP contribution in [0.4, 0.5) is 0 Å². The number of rotatable bonds is 4. The lowest BCUT2D eigenvalue weighted by Gasteiger charge is -2.46. The van der Waals surface area contributed by atoms with E-state index in [0.29, 0.717) is 0 Å². The maximum Gasteiger partial charge on any atom is 0.133 e. The zero-order valence-electron chi connectivity index (χ0n) is 9.36. The molecule has 0 saturated carbocycles. The Morgan fingerprint density at radius 3 is 2.87 bits per heavy atom. The molecule has 0 unspecified atom stereocenters. The SMILES string of the molecule is CCCC1(O)CN(Cc2cc(C)on2)C1. The third-order valence-corrected chi connectivity index (χ3v) is 2.81. The minimum atomic E-state index is -0.451. The van der Waals surface area contributed by atoms with Crippen molar-refractivity contribution in [3.05, 3.63) is 17.5 Å². The van der Waals surface area contributed by atoms with Crippen molar-refractivity contribution in [2.75, 3.05) is 13.1 Å². The topological polar surface area (TPSA) is 49.5 Å². The summed E-state index contributed by atoms with van der Waals surface area (Å²) in [6.07, 6.45) is 1.93. The number of likely N-dealkylation sites (tertiary alicyclic amines) is 1. The zero-order chi connectivity index (χ0) is 10.9. The number of aromatic nitrogens is 1. The number of hydrogen-bond acceptors (Lipinski definition) is 4. The van der Waals surface area contributed by atoms with Crippen molar-refractivity contribution in [1.82, 2.24) is 10.1 Å². The molecule has 4 nitrogen and oxygen atoms in total. The number of nitrogens with zero attached hydrogens (tertiary/aromatic N) is 2. The van der Waals surface area contributed by atoms with Crippen molar-refractivity contribution < 1.29 is 9.63 Å². The summed E-state index contributed by atoms with van der Waals surface area (Å²) in [6, 6.07) is 1.94. The van der Waals surface area contributed by atoms with Crippen molar-refractivity contribution in [3.63, 3.8) is 0 Å². The molecule has 1 saturated heterocycles. The molecule has 0 bridgehead atoms. The molecule has 0 amide bonds. The van der Waals surface area contributed by atoms with E-state index in [2.05, 4.69) is 17.0 Å². The van der Waals surface area contributed by atoms with E-state index in [9.17, 15) is 5.11 Å². The minimum Gasteiger partial charge on any atom is -0.387 e. The lowest BCUT2D eigenvalue weighted by atomic mass is 9.89. The maximum absolute atomic E-state index is 9.98. The summed E-state index contributed by atoms with van der Waals surface area (Å²) >= 11 is 0. The molecule has 2 heterocycles. The van der Waals surface area contributed by atoms with E-state index in [1.165, 1.54) is 0 Å². The Morgan fingerprint density at radius 1 is 1.60 bits per heavy atom. The largest absolute Gasteiger partial charge is 0.387 e. The van der Waals surface area contributed by atoms with E-state index in [1.807, 2.05) is 13.0 Å². The van der Waals surface area contributed by atoms with Gasteiger partial charge in [-0.15, -0.1) is 0 Å². The third kappa shape index (κ3) is 2.38. The van der Waals surface area contributed by atoms with Gasteiger partial charge in [0.2, 0.25) is 0 Å². The second-order valence-electron chi connectivity index (χ2n) is 4.55. The highest BCUT2D eigenvalue weighted by atomic mass is 16.5. The highest BCUT2D eigenvalue weighted by Gasteiger charge is 2.40. The van der Waals surface area contributed by atoms with E-state index in [-0.39, 0.29) is 0 Å². The van der Waals surface area contributed by atoms with Crippen LogP contribution in [0.15, 0.2) is 10.6 Å². The van der Waals surface area contributed by atoms with Crippen LogP contribution in [-0.2, 0) is 6.54 Å². The van der Waals surface area contributed by atoms with Crippen LogP contribution in [0.25, 0.3) is 0 Å². The molecule has 15 heavy (non-hydrogen) atoms. The van der Waals surface area contributed by atoms with Gasteiger partial charge in [-0.1, -0.05) is 18.5 Å². The van der Waals surface area contributed by atoms with Crippen molar-refractivity contribution in [1.29, 1.82) is 0 Å². The molecule has 0 aliphatic carbocycles. The first kappa shape index (κ1) is 10.6. The van der Waals surface area contributed by atoms with Crippen LogP contribution >= 0.6 is 0 Å². The Morgan fingerprint density at radius 2 is 2.33 bits per heavy atom. The molecule has 0 atom stereocenters. The van der Waals surface area contributed by atoms with E-state index >= 15 is 0 Å². The summed E-state index contributed by atoms with van der Waals surface area (Å²) < 4.78 is 4.99. The Kier molecular flexibility index (Phi) is 2.80. The van der Waals surface area contributed by atoms with E-state index in [1.54, 1.807) is 0 Å². The first-order chi connectivity index (χ1) is 7.11. The van der Waals surface area contributed by atoms with E-state index in [0.717, 1.165) is 43.9 Å². The summed E-state index contributed by atoms with van der Waals surface area (Å²) in [6.45, 7) is 6.28. The van der Waals surface area contributed by atoms with Crippen LogP contribution in [0.2, 0.25) is 0 Å². The zero-order valence-corrected chi connectivity index (χ0v) is 9.36. The Balaban J connectivity index is 1.80. The third-order valence-electron chi connectivity index (χ3n) is 2.81. The Bertz CT molecular complexity index is 329. The van der Waals surface area contributed by atoms with Gasteiger partial charge in [0.25, 0.3) is 0 Å². The van der Waals surface area contributed by atoms with Crippen molar-refractivity contribution in [2.24, 2.45) is 0 Å². The Hall–Kier alpha value is -0.870. The summed E-state index contributed by atoms with van der Waals surface area (Å²) in [5, 5.41) is 13.9. The quantitative estimate of drug-likeness (QED) is 0.814. The molecule has 1 aromatic rings. The summed E-state index contributed by atoms with van der Waals surface area (Å²) in [7, 11) is 0.